The van der Waals surface area contributed by atoms with E-state index in [0.29, 0.717) is 6.54 Å². The molecule has 1 aliphatic heterocycles. The molecule has 1 N–H and O–H groups in total. The highest BCUT2D eigenvalue weighted by Crippen LogP contribution is 2.33. The molecule has 1 fully saturated rings. The van der Waals surface area contributed by atoms with E-state index in [1.165, 1.54) is 6.20 Å². The van der Waals surface area contributed by atoms with E-state index < -0.39 is 11.9 Å². The van der Waals surface area contributed by atoms with Crippen molar-refractivity contribution in [2.45, 2.75) is 5.92 Å². The second kappa shape index (κ2) is 5.61. The minimum Gasteiger partial charge on any atom is -0.481 e. The molecule has 1 aromatic heterocycles. The first-order valence-corrected chi connectivity index (χ1v) is 7.24. The molecule has 1 aliphatic rings. The summed E-state index contributed by atoms with van der Waals surface area (Å²) < 4.78 is 7.73. The van der Waals surface area contributed by atoms with Gasteiger partial charge in [0, 0.05) is 19.0 Å². The van der Waals surface area contributed by atoms with Gasteiger partial charge in [-0.2, -0.15) is 8.75 Å². The van der Waals surface area contributed by atoms with E-state index in [9.17, 15) is 14.7 Å². The molecular weight excluding hydrogens is 290 g/mol. The number of nitrogens with zero attached hydrogens (tertiary/aromatic N) is 3. The molecule has 2 aromatic rings. The number of benzene rings is 1. The number of amides is 1. The predicted molar refractivity (Wildman–Crippen MR) is 76.1 cm³/mol. The Balaban J connectivity index is 1.85. The average molecular weight is 303 g/mol. The van der Waals surface area contributed by atoms with Crippen LogP contribution in [-0.2, 0) is 4.79 Å². The van der Waals surface area contributed by atoms with Crippen LogP contribution in [0.15, 0.2) is 36.5 Å². The molecule has 1 amide bonds. The van der Waals surface area contributed by atoms with E-state index in [0.717, 1.165) is 17.3 Å². The Morgan fingerprint density at radius 2 is 2.00 bits per heavy atom. The lowest BCUT2D eigenvalue weighted by Gasteiger charge is -2.15. The molecule has 7 heteroatoms. The number of rotatable bonds is 3. The number of carbonyl (C=O) groups excluding carboxylic acids is 1. The number of likely N-dealkylation sites (tertiary alicyclic amines) is 1. The highest BCUT2D eigenvalue weighted by Gasteiger charge is 2.41. The van der Waals surface area contributed by atoms with Gasteiger partial charge in [0.1, 0.15) is 0 Å². The Bertz CT molecular complexity index is 645. The molecule has 21 heavy (non-hydrogen) atoms. The summed E-state index contributed by atoms with van der Waals surface area (Å²) in [6.07, 6.45) is 1.42. The zero-order chi connectivity index (χ0) is 14.8. The van der Waals surface area contributed by atoms with E-state index in [-0.39, 0.29) is 24.1 Å². The van der Waals surface area contributed by atoms with Crippen molar-refractivity contribution in [2.75, 3.05) is 13.1 Å². The first-order valence-electron chi connectivity index (χ1n) is 6.51. The van der Waals surface area contributed by atoms with Crippen molar-refractivity contribution < 1.29 is 14.7 Å². The van der Waals surface area contributed by atoms with Gasteiger partial charge >= 0.3 is 5.97 Å². The van der Waals surface area contributed by atoms with Crippen molar-refractivity contribution in [3.05, 3.63) is 47.8 Å². The smallest absolute Gasteiger partial charge is 0.308 e. The van der Waals surface area contributed by atoms with Gasteiger partial charge in [-0.15, -0.1) is 0 Å². The minimum absolute atomic E-state index is 0.195. The second-order valence-corrected chi connectivity index (χ2v) is 5.52. The molecule has 0 aliphatic carbocycles. The van der Waals surface area contributed by atoms with Crippen LogP contribution in [0.4, 0.5) is 0 Å². The Morgan fingerprint density at radius 1 is 1.24 bits per heavy atom. The van der Waals surface area contributed by atoms with Crippen LogP contribution in [0.25, 0.3) is 0 Å². The fourth-order valence-electron chi connectivity index (χ4n) is 2.68. The highest BCUT2D eigenvalue weighted by atomic mass is 32.1. The van der Waals surface area contributed by atoms with Gasteiger partial charge < -0.3 is 10.0 Å². The van der Waals surface area contributed by atoms with E-state index in [2.05, 4.69) is 8.75 Å². The van der Waals surface area contributed by atoms with Gasteiger partial charge in [0.2, 0.25) is 0 Å². The molecule has 3 rings (SSSR count). The average Bonchev–Trinajstić information content (AvgIpc) is 3.17. The van der Waals surface area contributed by atoms with E-state index in [1.807, 2.05) is 30.3 Å². The molecule has 0 saturated carbocycles. The first kappa shape index (κ1) is 13.7. The zero-order valence-corrected chi connectivity index (χ0v) is 11.9. The van der Waals surface area contributed by atoms with Gasteiger partial charge in [0.05, 0.1) is 23.8 Å². The summed E-state index contributed by atoms with van der Waals surface area (Å²) in [6.45, 7) is 0.586. The third-order valence-electron chi connectivity index (χ3n) is 3.73. The monoisotopic (exact) mass is 303 g/mol. The largest absolute Gasteiger partial charge is 0.481 e. The number of carboxylic acid groups (broad SMARTS) is 1. The molecule has 6 nitrogen and oxygen atoms in total. The fraction of sp³-hybridized carbons (Fsp3) is 0.286. The summed E-state index contributed by atoms with van der Waals surface area (Å²) in [5.74, 6) is -1.92. The van der Waals surface area contributed by atoms with Crippen LogP contribution in [0, 0.1) is 5.92 Å². The van der Waals surface area contributed by atoms with Crippen LogP contribution < -0.4 is 0 Å². The Kier molecular flexibility index (Phi) is 3.66. The standard InChI is InChI=1S/C14H13N3O3S/c18-13(12-6-15-21-16-12)17-7-10(11(8-17)14(19)20)9-4-2-1-3-5-9/h1-6,10-11H,7-8H2,(H,19,20). The maximum atomic E-state index is 12.3. The maximum Gasteiger partial charge on any atom is 0.308 e. The van der Waals surface area contributed by atoms with Crippen molar-refractivity contribution in [1.82, 2.24) is 13.6 Å². The molecule has 0 radical (unpaired) electrons. The first-order chi connectivity index (χ1) is 10.2. The minimum atomic E-state index is -0.879. The second-order valence-electron chi connectivity index (χ2n) is 4.96. The van der Waals surface area contributed by atoms with Crippen LogP contribution in [0.5, 0.6) is 0 Å². The van der Waals surface area contributed by atoms with Crippen LogP contribution in [-0.4, -0.2) is 43.7 Å². The summed E-state index contributed by atoms with van der Waals surface area (Å²) in [5.41, 5.74) is 1.22. The predicted octanol–water partition coefficient (Wildman–Crippen LogP) is 1.48. The summed E-state index contributed by atoms with van der Waals surface area (Å²) in [7, 11) is 0. The van der Waals surface area contributed by atoms with Crippen LogP contribution in [0.1, 0.15) is 22.0 Å². The SMILES string of the molecule is O=C(O)C1CN(C(=O)c2cnsn2)CC1c1ccccc1. The third kappa shape index (κ3) is 2.64. The number of carboxylic acids is 1. The quantitative estimate of drug-likeness (QED) is 0.928. The summed E-state index contributed by atoms with van der Waals surface area (Å²) in [5, 5.41) is 9.41. The van der Waals surface area contributed by atoms with Gasteiger partial charge in [0.25, 0.3) is 5.91 Å². The Morgan fingerprint density at radius 3 is 2.62 bits per heavy atom. The van der Waals surface area contributed by atoms with Gasteiger partial charge in [-0.05, 0) is 5.56 Å². The van der Waals surface area contributed by atoms with E-state index in [1.54, 1.807) is 4.90 Å². The van der Waals surface area contributed by atoms with Crippen molar-refractivity contribution in [3.63, 3.8) is 0 Å². The lowest BCUT2D eigenvalue weighted by Crippen LogP contribution is -2.30. The number of aliphatic carboxylic acids is 1. The van der Waals surface area contributed by atoms with Crippen molar-refractivity contribution >= 4 is 23.6 Å². The van der Waals surface area contributed by atoms with Crippen LogP contribution in [0.3, 0.4) is 0 Å². The molecule has 2 unspecified atom stereocenters. The van der Waals surface area contributed by atoms with Gasteiger partial charge in [-0.3, -0.25) is 9.59 Å². The Labute approximate surface area is 125 Å². The molecule has 108 valence electrons. The number of aromatic nitrogens is 2. The molecule has 2 heterocycles. The summed E-state index contributed by atoms with van der Waals surface area (Å²) >= 11 is 0.967. The number of carbonyl (C=O) groups is 2. The van der Waals surface area contributed by atoms with Gasteiger partial charge in [0.15, 0.2) is 5.69 Å². The lowest BCUT2D eigenvalue weighted by molar-refractivity contribution is -0.141. The zero-order valence-electron chi connectivity index (χ0n) is 11.0. The van der Waals surface area contributed by atoms with Crippen molar-refractivity contribution in [2.24, 2.45) is 5.92 Å². The van der Waals surface area contributed by atoms with Gasteiger partial charge in [-0.25, -0.2) is 0 Å². The molecule has 1 saturated heterocycles. The molecule has 0 spiro atoms. The summed E-state index contributed by atoms with van der Waals surface area (Å²) in [4.78, 5) is 25.3. The highest BCUT2D eigenvalue weighted by molar-refractivity contribution is 6.99. The lowest BCUT2D eigenvalue weighted by atomic mass is 9.89. The van der Waals surface area contributed by atoms with Crippen molar-refractivity contribution in [3.8, 4) is 0 Å². The number of hydrogen-bond acceptors (Lipinski definition) is 5. The normalized spacial score (nSPS) is 21.4. The molecular formula is C14H13N3O3S. The van der Waals surface area contributed by atoms with E-state index in [4.69, 9.17) is 0 Å². The third-order valence-corrected chi connectivity index (χ3v) is 4.21. The molecule has 1 aromatic carbocycles. The number of hydrogen-bond donors (Lipinski definition) is 1. The van der Waals surface area contributed by atoms with Crippen LogP contribution >= 0.6 is 11.7 Å². The Hall–Kier alpha value is -2.28. The fourth-order valence-corrected chi connectivity index (χ4v) is 3.09. The molecule has 0 bridgehead atoms. The van der Waals surface area contributed by atoms with E-state index >= 15 is 0 Å². The summed E-state index contributed by atoms with van der Waals surface area (Å²) in [6, 6.07) is 9.45. The van der Waals surface area contributed by atoms with Gasteiger partial charge in [-0.1, -0.05) is 30.3 Å². The van der Waals surface area contributed by atoms with Crippen molar-refractivity contribution in [1.29, 1.82) is 0 Å². The maximum absolute atomic E-state index is 12.3. The topological polar surface area (TPSA) is 83.4 Å². The van der Waals surface area contributed by atoms with Crippen LogP contribution in [0.2, 0.25) is 0 Å². The molecule has 2 atom stereocenters.